The fraction of sp³-hybridized carbons (Fsp3) is 0.500. The van der Waals surface area contributed by atoms with E-state index in [1.54, 1.807) is 0 Å². The van der Waals surface area contributed by atoms with Gasteiger partial charge in [0.25, 0.3) is 0 Å². The van der Waals surface area contributed by atoms with Gasteiger partial charge in [-0.3, -0.25) is 0 Å². The minimum Gasteiger partial charge on any atom is -0.242 e. The first-order valence-corrected chi connectivity index (χ1v) is 4.81. The summed E-state index contributed by atoms with van der Waals surface area (Å²) in [6.45, 7) is 7.60. The summed E-state index contributed by atoms with van der Waals surface area (Å²) in [6, 6.07) is 0. The Morgan fingerprint density at radius 2 is 1.23 bits per heavy atom. The Hall–Kier alpha value is 0.324. The predicted octanol–water partition coefficient (Wildman–Crippen LogP) is 3.86. The van der Waals surface area contributed by atoms with E-state index in [-0.39, 0.29) is 32.7 Å². The van der Waals surface area contributed by atoms with E-state index in [9.17, 15) is 0 Å². The van der Waals surface area contributed by atoms with Crippen molar-refractivity contribution in [3.8, 4) is 0 Å². The number of allylic oxidation sites excluding steroid dienone is 2. The van der Waals surface area contributed by atoms with Gasteiger partial charge in [-0.15, -0.1) is 12.8 Å². The van der Waals surface area contributed by atoms with E-state index in [0.717, 1.165) is 0 Å². The minimum atomic E-state index is 0. The van der Waals surface area contributed by atoms with Crippen molar-refractivity contribution in [1.29, 1.82) is 0 Å². The van der Waals surface area contributed by atoms with Gasteiger partial charge in [0.1, 0.15) is 0 Å². The van der Waals surface area contributed by atoms with Crippen molar-refractivity contribution in [2.75, 3.05) is 0 Å². The van der Waals surface area contributed by atoms with Crippen LogP contribution in [0.1, 0.15) is 38.5 Å². The summed E-state index contributed by atoms with van der Waals surface area (Å²) in [5.74, 6) is 0. The zero-order valence-electron chi connectivity index (χ0n) is 8.39. The maximum absolute atomic E-state index is 3.80. The molecule has 0 bridgehead atoms. The van der Waals surface area contributed by atoms with Gasteiger partial charge in [-0.05, 0) is 0 Å². The van der Waals surface area contributed by atoms with Crippen molar-refractivity contribution in [3.05, 3.63) is 37.1 Å². The predicted molar refractivity (Wildman–Crippen MR) is 54.6 cm³/mol. The molecule has 0 unspecified atom stereocenters. The second kappa shape index (κ2) is 7.70. The quantitative estimate of drug-likeness (QED) is 0.573. The second-order valence-electron chi connectivity index (χ2n) is 3.51. The van der Waals surface area contributed by atoms with Crippen LogP contribution in [0.2, 0.25) is 0 Å². The summed E-state index contributed by atoms with van der Waals surface area (Å²) in [7, 11) is 0. The van der Waals surface area contributed by atoms with Crippen LogP contribution in [0.4, 0.5) is 0 Å². The van der Waals surface area contributed by atoms with Crippen molar-refractivity contribution in [2.24, 2.45) is 0 Å². The maximum Gasteiger partial charge on any atom is 0 e. The zero-order chi connectivity index (χ0) is 8.81. The van der Waals surface area contributed by atoms with Crippen LogP contribution in [0.15, 0.2) is 24.3 Å². The summed E-state index contributed by atoms with van der Waals surface area (Å²) in [5, 5.41) is 0. The average Bonchev–Trinajstić information content (AvgIpc) is 2.63. The molecule has 0 aromatic heterocycles. The molecule has 0 heterocycles. The van der Waals surface area contributed by atoms with Crippen LogP contribution in [0, 0.1) is 12.8 Å². The molecule has 0 amide bonds. The SMILES string of the molecule is C=C1[CH-]CCC1.C=C1[CH-]CCC1.[Y]. The fourth-order valence-corrected chi connectivity index (χ4v) is 1.47. The van der Waals surface area contributed by atoms with Crippen molar-refractivity contribution < 1.29 is 32.7 Å². The molecular weight excluding hydrogens is 233 g/mol. The van der Waals surface area contributed by atoms with Gasteiger partial charge in [0.15, 0.2) is 0 Å². The molecule has 0 aromatic carbocycles. The van der Waals surface area contributed by atoms with Crippen molar-refractivity contribution in [1.82, 2.24) is 0 Å². The van der Waals surface area contributed by atoms with Crippen LogP contribution < -0.4 is 0 Å². The Bertz CT molecular complexity index is 134. The molecule has 71 valence electrons. The Kier molecular flexibility index (Phi) is 7.89. The average molecular weight is 251 g/mol. The number of hydrogen-bond acceptors (Lipinski definition) is 0. The van der Waals surface area contributed by atoms with Crippen molar-refractivity contribution in [2.45, 2.75) is 38.5 Å². The molecule has 1 heteroatoms. The van der Waals surface area contributed by atoms with Crippen LogP contribution >= 0.6 is 0 Å². The van der Waals surface area contributed by atoms with Crippen LogP contribution in [0.3, 0.4) is 0 Å². The van der Waals surface area contributed by atoms with Crippen LogP contribution in [0.25, 0.3) is 0 Å². The third-order valence-electron chi connectivity index (χ3n) is 2.27. The Labute approximate surface area is 108 Å². The second-order valence-corrected chi connectivity index (χ2v) is 3.51. The topological polar surface area (TPSA) is 0 Å². The maximum atomic E-state index is 3.80. The molecule has 0 aromatic rings. The number of rotatable bonds is 0. The molecule has 0 nitrogen and oxygen atoms in total. The molecule has 2 aliphatic rings. The minimum absolute atomic E-state index is 0. The van der Waals surface area contributed by atoms with Gasteiger partial charge in [0.2, 0.25) is 0 Å². The first-order chi connectivity index (χ1) is 5.79. The molecule has 2 saturated carbocycles. The molecule has 2 aliphatic carbocycles. The first kappa shape index (κ1) is 13.3. The van der Waals surface area contributed by atoms with Crippen LogP contribution in [0.5, 0.6) is 0 Å². The zero-order valence-corrected chi connectivity index (χ0v) is 11.2. The molecule has 0 saturated heterocycles. The van der Waals surface area contributed by atoms with Crippen LogP contribution in [-0.4, -0.2) is 0 Å². The third-order valence-corrected chi connectivity index (χ3v) is 2.27. The monoisotopic (exact) mass is 251 g/mol. The fourth-order valence-electron chi connectivity index (χ4n) is 1.47. The van der Waals surface area contributed by atoms with E-state index >= 15 is 0 Å². The van der Waals surface area contributed by atoms with Gasteiger partial charge in [-0.1, -0.05) is 25.7 Å². The standard InChI is InChI=1S/2C6H9.Y/c2*1-6-4-2-3-5-6;/h2*4H,1-3,5H2;/q2*-1;. The van der Waals surface area contributed by atoms with Crippen molar-refractivity contribution in [3.63, 3.8) is 0 Å². The van der Waals surface area contributed by atoms with Gasteiger partial charge in [0.05, 0.1) is 0 Å². The molecule has 0 N–H and O–H groups in total. The molecule has 0 aliphatic heterocycles. The van der Waals surface area contributed by atoms with Crippen molar-refractivity contribution >= 4 is 0 Å². The van der Waals surface area contributed by atoms with Gasteiger partial charge in [-0.25, -0.2) is 37.1 Å². The Morgan fingerprint density at radius 3 is 1.31 bits per heavy atom. The summed E-state index contributed by atoms with van der Waals surface area (Å²) >= 11 is 0. The normalized spacial score (nSPS) is 19.4. The summed E-state index contributed by atoms with van der Waals surface area (Å²) < 4.78 is 0. The smallest absolute Gasteiger partial charge is 0 e. The summed E-state index contributed by atoms with van der Waals surface area (Å²) in [6.07, 6.45) is 12.1. The van der Waals surface area contributed by atoms with Gasteiger partial charge in [0, 0.05) is 32.7 Å². The number of hydrogen-bond donors (Lipinski definition) is 0. The summed E-state index contributed by atoms with van der Waals surface area (Å²) in [4.78, 5) is 0. The van der Waals surface area contributed by atoms with Gasteiger partial charge < -0.3 is 0 Å². The van der Waals surface area contributed by atoms with E-state index in [0.29, 0.717) is 0 Å². The molecule has 0 spiro atoms. The third kappa shape index (κ3) is 6.40. The van der Waals surface area contributed by atoms with E-state index < -0.39 is 0 Å². The first-order valence-electron chi connectivity index (χ1n) is 4.81. The van der Waals surface area contributed by atoms with E-state index in [2.05, 4.69) is 26.0 Å². The Balaban J connectivity index is 0.000000206. The molecule has 1 radical (unpaired) electrons. The molecule has 0 atom stereocenters. The molecular formula is C12H18Y-2. The molecule has 2 rings (SSSR count). The summed E-state index contributed by atoms with van der Waals surface area (Å²) in [5.41, 5.74) is 2.66. The molecule has 13 heavy (non-hydrogen) atoms. The largest absolute Gasteiger partial charge is 0.242 e. The van der Waals surface area contributed by atoms with E-state index in [1.807, 2.05) is 0 Å². The van der Waals surface area contributed by atoms with E-state index in [4.69, 9.17) is 0 Å². The van der Waals surface area contributed by atoms with E-state index in [1.165, 1.54) is 49.7 Å². The van der Waals surface area contributed by atoms with Crippen LogP contribution in [-0.2, 0) is 32.7 Å². The van der Waals surface area contributed by atoms with Gasteiger partial charge in [-0.2, -0.15) is 0 Å². The van der Waals surface area contributed by atoms with Gasteiger partial charge >= 0.3 is 0 Å². The molecule has 2 fully saturated rings. The Morgan fingerprint density at radius 1 is 0.846 bits per heavy atom.